The molecule has 0 saturated carbocycles. The van der Waals surface area contributed by atoms with Crippen molar-refractivity contribution >= 4 is 76.2 Å². The van der Waals surface area contributed by atoms with Crippen LogP contribution in [-0.4, -0.2) is 8.80 Å². The van der Waals surface area contributed by atoms with Crippen LogP contribution in [0.25, 0.3) is 98.4 Å². The summed E-state index contributed by atoms with van der Waals surface area (Å²) in [7, 11) is 0. The highest BCUT2D eigenvalue weighted by Gasteiger charge is 2.26. The van der Waals surface area contributed by atoms with Crippen LogP contribution in [0, 0.1) is 0 Å². The number of fused-ring (bicyclic) bond motifs is 12. The normalized spacial score (nSPS) is 12.9. The van der Waals surface area contributed by atoms with Crippen molar-refractivity contribution in [2.24, 2.45) is 0 Å². The van der Waals surface area contributed by atoms with Gasteiger partial charge in [-0.15, -0.1) is 0 Å². The molecule has 0 saturated heterocycles. The van der Waals surface area contributed by atoms with E-state index in [0.29, 0.717) is 0 Å². The molecule has 0 radical (unpaired) electrons. The molecule has 11 aromatic rings. The van der Waals surface area contributed by atoms with E-state index in [1.54, 1.807) is 0 Å². The third-order valence-electron chi connectivity index (χ3n) is 10.9. The minimum Gasteiger partial charge on any atom is -0.308 e. The van der Waals surface area contributed by atoms with Gasteiger partial charge in [0, 0.05) is 43.1 Å². The molecule has 4 heterocycles. The first-order valence-corrected chi connectivity index (χ1v) is 17.0. The molecular weight excluding hydrogens is 581 g/mol. The molecule has 7 aromatic carbocycles. The third kappa shape index (κ3) is 3.22. The largest absolute Gasteiger partial charge is 0.308 e. The van der Waals surface area contributed by atoms with Gasteiger partial charge < -0.3 is 8.80 Å². The van der Waals surface area contributed by atoms with Crippen LogP contribution >= 0.6 is 0 Å². The van der Waals surface area contributed by atoms with Crippen molar-refractivity contribution in [3.05, 3.63) is 145 Å². The first-order chi connectivity index (χ1) is 23.5. The fourth-order valence-electron chi connectivity index (χ4n) is 9.05. The Balaban J connectivity index is 1.20. The molecule has 48 heavy (non-hydrogen) atoms. The topological polar surface area (TPSA) is 8.82 Å². The lowest BCUT2D eigenvalue weighted by Gasteiger charge is -2.27. The van der Waals surface area contributed by atoms with Gasteiger partial charge in [-0.25, -0.2) is 0 Å². The van der Waals surface area contributed by atoms with Crippen LogP contribution in [0.5, 0.6) is 0 Å². The summed E-state index contributed by atoms with van der Waals surface area (Å²) in [5, 5.41) is 10.5. The summed E-state index contributed by atoms with van der Waals surface area (Å²) in [6, 6.07) is 52.2. The van der Waals surface area contributed by atoms with E-state index in [2.05, 4.69) is 169 Å². The van der Waals surface area contributed by atoms with Gasteiger partial charge in [0.2, 0.25) is 0 Å². The quantitative estimate of drug-likeness (QED) is 0.184. The van der Waals surface area contributed by atoms with E-state index in [4.69, 9.17) is 0 Å². The summed E-state index contributed by atoms with van der Waals surface area (Å²) in [5.74, 6) is 0. The van der Waals surface area contributed by atoms with E-state index >= 15 is 0 Å². The lowest BCUT2D eigenvalue weighted by molar-refractivity contribution is 0.594. The molecule has 0 amide bonds. The summed E-state index contributed by atoms with van der Waals surface area (Å²) < 4.78 is 4.93. The second-order valence-corrected chi connectivity index (χ2v) is 14.6. The van der Waals surface area contributed by atoms with Gasteiger partial charge in [-0.3, -0.25) is 0 Å². The van der Waals surface area contributed by atoms with Crippen LogP contribution in [-0.2, 0) is 5.41 Å². The minimum absolute atomic E-state index is 0.0896. The first-order valence-electron chi connectivity index (χ1n) is 17.0. The van der Waals surface area contributed by atoms with Crippen LogP contribution in [0.1, 0.15) is 26.3 Å². The monoisotopic (exact) mass is 612 g/mol. The number of benzene rings is 7. The minimum atomic E-state index is -0.0896. The number of hydrogen-bond donors (Lipinski definition) is 0. The summed E-state index contributed by atoms with van der Waals surface area (Å²) >= 11 is 0. The highest BCUT2D eigenvalue weighted by atomic mass is 14.9. The zero-order valence-electron chi connectivity index (χ0n) is 27.2. The van der Waals surface area contributed by atoms with Crippen LogP contribution < -0.4 is 0 Å². The number of hydrogen-bond acceptors (Lipinski definition) is 0. The fraction of sp³-hybridized carbons (Fsp3) is 0.0870. The second kappa shape index (κ2) is 8.93. The molecule has 0 atom stereocenters. The Hall–Kier alpha value is -5.86. The lowest BCUT2D eigenvalue weighted by Crippen LogP contribution is -2.14. The van der Waals surface area contributed by atoms with Crippen molar-refractivity contribution in [1.29, 1.82) is 0 Å². The maximum absolute atomic E-state index is 2.46. The summed E-state index contributed by atoms with van der Waals surface area (Å²) in [6.45, 7) is 7.08. The van der Waals surface area contributed by atoms with Gasteiger partial charge >= 0.3 is 0 Å². The highest BCUT2D eigenvalue weighted by Crippen LogP contribution is 2.46. The fourth-order valence-corrected chi connectivity index (χ4v) is 9.05. The van der Waals surface area contributed by atoms with Gasteiger partial charge in [-0.05, 0) is 75.7 Å². The van der Waals surface area contributed by atoms with Gasteiger partial charge in [0.15, 0.2) is 0 Å². The van der Waals surface area contributed by atoms with Gasteiger partial charge in [0.25, 0.3) is 0 Å². The zero-order valence-corrected chi connectivity index (χ0v) is 27.2. The molecule has 0 spiro atoms. The standard InChI is InChI=1S/C46H32N2/c1-46(2,3)43-29(27-22-23-42-36(24-27)35-18-11-17-34-31-12-4-7-19-39(31)48(42)44(34)35)15-10-16-30(43)28-25-37-32-13-5-8-20-40(32)47-41-21-9-6-14-33(41)38(26-28)45(37)47/h4-26H,1-3H3. The van der Waals surface area contributed by atoms with Crippen molar-refractivity contribution in [2.75, 3.05) is 0 Å². The van der Waals surface area contributed by atoms with Crippen LogP contribution in [0.15, 0.2) is 140 Å². The molecule has 0 fully saturated rings. The summed E-state index contributed by atoms with van der Waals surface area (Å²) in [6.07, 6.45) is 0. The van der Waals surface area contributed by atoms with Crippen LogP contribution in [0.4, 0.5) is 0 Å². The lowest BCUT2D eigenvalue weighted by atomic mass is 9.77. The molecule has 2 nitrogen and oxygen atoms in total. The molecule has 0 aliphatic rings. The van der Waals surface area contributed by atoms with Crippen molar-refractivity contribution in [1.82, 2.24) is 8.80 Å². The van der Waals surface area contributed by atoms with E-state index in [1.165, 1.54) is 104 Å². The molecule has 0 aliphatic carbocycles. The van der Waals surface area contributed by atoms with Crippen molar-refractivity contribution < 1.29 is 0 Å². The molecule has 4 aromatic heterocycles. The predicted octanol–water partition coefficient (Wildman–Crippen LogP) is 12.6. The molecule has 0 N–H and O–H groups in total. The third-order valence-corrected chi connectivity index (χ3v) is 10.9. The maximum Gasteiger partial charge on any atom is 0.0620 e. The molecule has 0 bridgehead atoms. The Morgan fingerprint density at radius 2 is 0.771 bits per heavy atom. The second-order valence-electron chi connectivity index (χ2n) is 14.6. The van der Waals surface area contributed by atoms with Crippen LogP contribution in [0.3, 0.4) is 0 Å². The molecule has 0 aliphatic heterocycles. The van der Waals surface area contributed by atoms with E-state index in [9.17, 15) is 0 Å². The molecule has 2 heteroatoms. The number of nitrogens with zero attached hydrogens (tertiary/aromatic N) is 2. The Bertz CT molecular complexity index is 3010. The SMILES string of the molecule is CC(C)(C)c1c(-c2ccc3c(c2)c2cccc4c5ccccc5n3c42)cccc1-c1cc2c3ccccc3n3c4ccccc4c(c1)c23. The first kappa shape index (κ1) is 26.2. The number of para-hydroxylation sites is 4. The summed E-state index contributed by atoms with van der Waals surface area (Å²) in [5.41, 5.74) is 14.2. The molecule has 11 rings (SSSR count). The Morgan fingerprint density at radius 3 is 1.35 bits per heavy atom. The maximum atomic E-state index is 2.46. The van der Waals surface area contributed by atoms with Crippen LogP contribution in [0.2, 0.25) is 0 Å². The Morgan fingerprint density at radius 1 is 0.354 bits per heavy atom. The highest BCUT2D eigenvalue weighted by molar-refractivity contribution is 6.25. The zero-order chi connectivity index (χ0) is 31.9. The van der Waals surface area contributed by atoms with Crippen molar-refractivity contribution in [3.63, 3.8) is 0 Å². The average Bonchev–Trinajstić information content (AvgIpc) is 3.84. The van der Waals surface area contributed by atoms with E-state index < -0.39 is 0 Å². The van der Waals surface area contributed by atoms with Crippen molar-refractivity contribution in [2.45, 2.75) is 26.2 Å². The van der Waals surface area contributed by atoms with E-state index in [1.807, 2.05) is 0 Å². The van der Waals surface area contributed by atoms with Gasteiger partial charge in [-0.2, -0.15) is 0 Å². The van der Waals surface area contributed by atoms with E-state index in [0.717, 1.165) is 0 Å². The molecular formula is C46H32N2. The summed E-state index contributed by atoms with van der Waals surface area (Å²) in [4.78, 5) is 0. The van der Waals surface area contributed by atoms with E-state index in [-0.39, 0.29) is 5.41 Å². The van der Waals surface area contributed by atoms with Gasteiger partial charge in [0.05, 0.1) is 33.1 Å². The smallest absolute Gasteiger partial charge is 0.0620 e. The Labute approximate surface area is 277 Å². The van der Waals surface area contributed by atoms with Gasteiger partial charge in [-0.1, -0.05) is 118 Å². The molecule has 226 valence electrons. The number of aromatic nitrogens is 2. The van der Waals surface area contributed by atoms with Crippen molar-refractivity contribution in [3.8, 4) is 22.3 Å². The molecule has 0 unspecified atom stereocenters. The average molecular weight is 613 g/mol. The van der Waals surface area contributed by atoms with Gasteiger partial charge in [0.1, 0.15) is 0 Å². The number of rotatable bonds is 2. The Kier molecular flexibility index (Phi) is 4.88. The predicted molar refractivity (Wildman–Crippen MR) is 205 cm³/mol.